The lowest BCUT2D eigenvalue weighted by Gasteiger charge is -2.29. The van der Waals surface area contributed by atoms with Crippen molar-refractivity contribution in [3.05, 3.63) is 34.9 Å². The zero-order valence-electron chi connectivity index (χ0n) is 14.9. The summed E-state index contributed by atoms with van der Waals surface area (Å²) >= 11 is 0. The third-order valence-corrected chi connectivity index (χ3v) is 5.65. The summed E-state index contributed by atoms with van der Waals surface area (Å²) in [5.41, 5.74) is 7.35. The van der Waals surface area contributed by atoms with Gasteiger partial charge in [-0.25, -0.2) is 0 Å². The first-order valence-corrected chi connectivity index (χ1v) is 9.21. The lowest BCUT2D eigenvalue weighted by atomic mass is 9.82. The van der Waals surface area contributed by atoms with Gasteiger partial charge in [-0.15, -0.1) is 0 Å². The number of carbonyl (C=O) groups is 1. The molecule has 0 aromatic heterocycles. The molecule has 0 spiro atoms. The molecule has 1 aromatic rings. The number of ketones is 1. The maximum atomic E-state index is 12.9. The molecular weight excluding hydrogens is 314 g/mol. The second-order valence-electron chi connectivity index (χ2n) is 7.05. The summed E-state index contributed by atoms with van der Waals surface area (Å²) in [5.74, 6) is 1.42. The first kappa shape index (κ1) is 16.3. The molecule has 3 aliphatic rings. The number of methoxy groups -OCH3 is 1. The van der Waals surface area contributed by atoms with Crippen LogP contribution in [0.25, 0.3) is 6.08 Å². The van der Waals surface area contributed by atoms with E-state index in [4.69, 9.17) is 4.74 Å². The van der Waals surface area contributed by atoms with Gasteiger partial charge in [-0.2, -0.15) is 5.10 Å². The molecule has 0 saturated heterocycles. The molecule has 5 heteroatoms. The number of rotatable bonds is 4. The molecule has 1 aromatic carbocycles. The Hall–Kier alpha value is -2.14. The number of hydrazone groups is 1. The number of hydrogen-bond acceptors (Lipinski definition) is 5. The highest BCUT2D eigenvalue weighted by Gasteiger charge is 2.30. The topological polar surface area (TPSA) is 53.9 Å². The standard InChI is InChI=1S/C20H25N3O2/c1-3-13-10-16-11-15(6-9-18(16)23-12-21-22-20(13)23)19(24)14-4-7-17(25-2)8-5-14/h6,9-11,14,17,21H,3-5,7-8,12H2,1-2H3. The third kappa shape index (κ3) is 2.86. The molecule has 0 bridgehead atoms. The van der Waals surface area contributed by atoms with Crippen molar-refractivity contribution in [1.29, 1.82) is 0 Å². The average molecular weight is 339 g/mol. The van der Waals surface area contributed by atoms with Crippen LogP contribution in [0, 0.1) is 5.92 Å². The van der Waals surface area contributed by atoms with Gasteiger partial charge < -0.3 is 9.64 Å². The fourth-order valence-electron chi connectivity index (χ4n) is 4.14. The van der Waals surface area contributed by atoms with Gasteiger partial charge in [-0.1, -0.05) is 6.92 Å². The largest absolute Gasteiger partial charge is 0.381 e. The minimum atomic E-state index is 0.133. The number of nitrogens with one attached hydrogen (secondary N) is 1. The molecule has 132 valence electrons. The second-order valence-corrected chi connectivity index (χ2v) is 7.05. The summed E-state index contributed by atoms with van der Waals surface area (Å²) in [6, 6.07) is 6.10. The fraction of sp³-hybridized carbons (Fsp3) is 0.500. The molecule has 0 atom stereocenters. The molecule has 1 aliphatic carbocycles. The first-order valence-electron chi connectivity index (χ1n) is 9.21. The second kappa shape index (κ2) is 6.64. The quantitative estimate of drug-likeness (QED) is 0.852. The van der Waals surface area contributed by atoms with Crippen LogP contribution >= 0.6 is 0 Å². The van der Waals surface area contributed by atoms with Gasteiger partial charge in [0.15, 0.2) is 11.6 Å². The fourth-order valence-corrected chi connectivity index (χ4v) is 4.14. The SMILES string of the molecule is CCC1=Cc2cc(C(=O)C3CCC(OC)CC3)ccc2N2CNN=C12. The first-order chi connectivity index (χ1) is 12.2. The van der Waals surface area contributed by atoms with E-state index in [0.29, 0.717) is 12.8 Å². The zero-order valence-corrected chi connectivity index (χ0v) is 14.9. The lowest BCUT2D eigenvalue weighted by molar-refractivity contribution is 0.0519. The highest BCUT2D eigenvalue weighted by Crippen LogP contribution is 2.35. The molecule has 25 heavy (non-hydrogen) atoms. The number of fused-ring (bicyclic) bond motifs is 3. The summed E-state index contributed by atoms with van der Waals surface area (Å²) < 4.78 is 5.42. The van der Waals surface area contributed by atoms with Gasteiger partial charge in [-0.05, 0) is 67.5 Å². The van der Waals surface area contributed by atoms with Crippen LogP contribution in [0.4, 0.5) is 5.69 Å². The van der Waals surface area contributed by atoms with Crippen LogP contribution in [-0.4, -0.2) is 31.5 Å². The Balaban J connectivity index is 1.59. The molecule has 1 fully saturated rings. The third-order valence-electron chi connectivity index (χ3n) is 5.65. The van der Waals surface area contributed by atoms with E-state index in [1.54, 1.807) is 7.11 Å². The van der Waals surface area contributed by atoms with E-state index in [2.05, 4.69) is 40.6 Å². The van der Waals surface area contributed by atoms with Gasteiger partial charge in [0.25, 0.3) is 0 Å². The number of benzene rings is 1. The van der Waals surface area contributed by atoms with Gasteiger partial charge in [0.05, 0.1) is 11.8 Å². The van der Waals surface area contributed by atoms with Crippen LogP contribution in [0.2, 0.25) is 0 Å². The highest BCUT2D eigenvalue weighted by molar-refractivity contribution is 6.17. The van der Waals surface area contributed by atoms with E-state index in [0.717, 1.165) is 54.8 Å². The van der Waals surface area contributed by atoms with E-state index < -0.39 is 0 Å². The lowest BCUT2D eigenvalue weighted by Crippen LogP contribution is -2.33. The summed E-state index contributed by atoms with van der Waals surface area (Å²) in [6.07, 6.45) is 7.25. The van der Waals surface area contributed by atoms with Crippen molar-refractivity contribution in [2.45, 2.75) is 45.1 Å². The van der Waals surface area contributed by atoms with Crippen LogP contribution in [0.3, 0.4) is 0 Å². The Morgan fingerprint density at radius 2 is 2.12 bits per heavy atom. The van der Waals surface area contributed by atoms with Crippen molar-refractivity contribution < 1.29 is 9.53 Å². The Kier molecular flexibility index (Phi) is 4.34. The van der Waals surface area contributed by atoms with Crippen LogP contribution in [0.5, 0.6) is 0 Å². The van der Waals surface area contributed by atoms with Gasteiger partial charge in [-0.3, -0.25) is 10.2 Å². The summed E-state index contributed by atoms with van der Waals surface area (Å²) in [4.78, 5) is 15.1. The van der Waals surface area contributed by atoms with Crippen molar-refractivity contribution in [1.82, 2.24) is 5.43 Å². The maximum absolute atomic E-state index is 12.9. The van der Waals surface area contributed by atoms with Crippen LogP contribution < -0.4 is 10.3 Å². The molecule has 4 rings (SSSR count). The minimum absolute atomic E-state index is 0.133. The highest BCUT2D eigenvalue weighted by atomic mass is 16.5. The van der Waals surface area contributed by atoms with Gasteiger partial charge in [0.2, 0.25) is 0 Å². The Morgan fingerprint density at radius 1 is 1.32 bits per heavy atom. The number of carbonyl (C=O) groups excluding carboxylic acids is 1. The Labute approximate surface area is 148 Å². The van der Waals surface area contributed by atoms with Gasteiger partial charge in [0.1, 0.15) is 6.67 Å². The van der Waals surface area contributed by atoms with E-state index in [1.165, 1.54) is 5.57 Å². The number of ether oxygens (including phenoxy) is 1. The molecule has 2 heterocycles. The number of nitrogens with zero attached hydrogens (tertiary/aromatic N) is 2. The minimum Gasteiger partial charge on any atom is -0.381 e. The summed E-state index contributed by atoms with van der Waals surface area (Å²) in [7, 11) is 1.76. The molecule has 1 N–H and O–H groups in total. The monoisotopic (exact) mass is 339 g/mol. The molecule has 0 amide bonds. The number of anilines is 1. The summed E-state index contributed by atoms with van der Waals surface area (Å²) in [6.45, 7) is 2.83. The van der Waals surface area contributed by atoms with Gasteiger partial charge in [0, 0.05) is 18.6 Å². The molecule has 1 saturated carbocycles. The normalized spacial score (nSPS) is 24.8. The van der Waals surface area contributed by atoms with E-state index >= 15 is 0 Å². The predicted molar refractivity (Wildman–Crippen MR) is 99.7 cm³/mol. The summed E-state index contributed by atoms with van der Waals surface area (Å²) in [5, 5.41) is 4.40. The predicted octanol–water partition coefficient (Wildman–Crippen LogP) is 3.56. The van der Waals surface area contributed by atoms with Crippen LogP contribution in [0.15, 0.2) is 28.9 Å². The van der Waals surface area contributed by atoms with E-state index in [9.17, 15) is 4.79 Å². The Bertz CT molecular complexity index is 745. The van der Waals surface area contributed by atoms with Crippen LogP contribution in [0.1, 0.15) is 54.9 Å². The van der Waals surface area contributed by atoms with Crippen molar-refractivity contribution in [2.24, 2.45) is 11.0 Å². The van der Waals surface area contributed by atoms with E-state index in [-0.39, 0.29) is 11.7 Å². The molecule has 0 radical (unpaired) electrons. The molecule has 0 unspecified atom stereocenters. The zero-order chi connectivity index (χ0) is 17.4. The number of Topliss-reactive ketones (excluding diaryl/α,β-unsaturated/α-hetero) is 1. The van der Waals surface area contributed by atoms with Crippen molar-refractivity contribution in [3.8, 4) is 0 Å². The smallest absolute Gasteiger partial charge is 0.165 e. The van der Waals surface area contributed by atoms with Gasteiger partial charge >= 0.3 is 0 Å². The maximum Gasteiger partial charge on any atom is 0.165 e. The molecular formula is C20H25N3O2. The van der Waals surface area contributed by atoms with Crippen molar-refractivity contribution in [3.63, 3.8) is 0 Å². The average Bonchev–Trinajstić information content (AvgIpc) is 3.16. The van der Waals surface area contributed by atoms with Crippen molar-refractivity contribution >= 4 is 23.4 Å². The number of amidine groups is 1. The Morgan fingerprint density at radius 3 is 2.84 bits per heavy atom. The van der Waals surface area contributed by atoms with Crippen LogP contribution in [-0.2, 0) is 4.74 Å². The van der Waals surface area contributed by atoms with E-state index in [1.807, 2.05) is 6.07 Å². The molecule has 2 aliphatic heterocycles. The van der Waals surface area contributed by atoms with Crippen molar-refractivity contribution in [2.75, 3.05) is 18.7 Å². The molecule has 5 nitrogen and oxygen atoms in total. The number of hydrogen-bond donors (Lipinski definition) is 1.